The Hall–Kier alpha value is -2.89. The second kappa shape index (κ2) is 10.4. The molecule has 5 nitrogen and oxygen atoms in total. The van der Waals surface area contributed by atoms with Crippen LogP contribution in [0.4, 0.5) is 5.69 Å². The number of hydrogen-bond acceptors (Lipinski definition) is 4. The largest absolute Gasteiger partial charge is 0.490 e. The van der Waals surface area contributed by atoms with E-state index in [0.717, 1.165) is 22.4 Å². The number of carboxylic acids is 1. The first-order valence-electron chi connectivity index (χ1n) is 9.77. The summed E-state index contributed by atoms with van der Waals surface area (Å²) in [6.07, 6.45) is 0. The van der Waals surface area contributed by atoms with Crippen LogP contribution in [0.25, 0.3) is 0 Å². The van der Waals surface area contributed by atoms with Crippen LogP contribution < -0.4 is 14.8 Å². The summed E-state index contributed by atoms with van der Waals surface area (Å²) in [7, 11) is 0. The van der Waals surface area contributed by atoms with Crippen molar-refractivity contribution < 1.29 is 19.4 Å². The fourth-order valence-electron chi connectivity index (χ4n) is 3.07. The molecule has 2 N–H and O–H groups in total. The van der Waals surface area contributed by atoms with E-state index in [9.17, 15) is 4.79 Å². The number of aryl methyl sites for hydroxylation is 1. The van der Waals surface area contributed by atoms with Gasteiger partial charge in [0.1, 0.15) is 6.61 Å². The number of anilines is 1. The van der Waals surface area contributed by atoms with E-state index < -0.39 is 5.97 Å². The molecule has 0 atom stereocenters. The van der Waals surface area contributed by atoms with Gasteiger partial charge in [0.15, 0.2) is 11.5 Å². The van der Waals surface area contributed by atoms with Crippen molar-refractivity contribution >= 4 is 34.9 Å². The summed E-state index contributed by atoms with van der Waals surface area (Å²) >= 11 is 12.5. The average Bonchev–Trinajstić information content (AvgIpc) is 2.73. The van der Waals surface area contributed by atoms with Crippen LogP contribution in [-0.4, -0.2) is 17.7 Å². The van der Waals surface area contributed by atoms with Gasteiger partial charge in [-0.15, -0.1) is 0 Å². The molecule has 0 aliphatic heterocycles. The second-order valence-electron chi connectivity index (χ2n) is 6.93. The summed E-state index contributed by atoms with van der Waals surface area (Å²) in [6, 6.07) is 16.0. The molecule has 3 aromatic rings. The number of rotatable bonds is 9. The first-order valence-corrected chi connectivity index (χ1v) is 10.5. The third-order valence-corrected chi connectivity index (χ3v) is 5.23. The first kappa shape index (κ1) is 22.8. The Morgan fingerprint density at radius 1 is 1.03 bits per heavy atom. The van der Waals surface area contributed by atoms with Crippen molar-refractivity contribution in [3.05, 3.63) is 86.9 Å². The number of halogens is 2. The fraction of sp³-hybridized carbons (Fsp3) is 0.208. The Kier molecular flexibility index (Phi) is 7.66. The molecular formula is C24H23Cl2NO4. The first-order chi connectivity index (χ1) is 14.9. The number of carbonyl (C=O) groups is 1. The summed E-state index contributed by atoms with van der Waals surface area (Å²) in [5, 5.41) is 13.6. The quantitative estimate of drug-likeness (QED) is 0.377. The lowest BCUT2D eigenvalue weighted by Gasteiger charge is -2.16. The number of benzene rings is 3. The van der Waals surface area contributed by atoms with Crippen molar-refractivity contribution in [2.24, 2.45) is 0 Å². The Morgan fingerprint density at radius 2 is 1.81 bits per heavy atom. The summed E-state index contributed by atoms with van der Waals surface area (Å²) in [4.78, 5) is 11.1. The fourth-order valence-corrected chi connectivity index (χ4v) is 3.50. The summed E-state index contributed by atoms with van der Waals surface area (Å²) < 4.78 is 11.7. The number of ether oxygens (including phenoxy) is 2. The SMILES string of the molecule is CCOc1cc(CNc2ccc(C(=O)O)cc2C)c(Cl)cc1OCc1cccc(Cl)c1. The highest BCUT2D eigenvalue weighted by Crippen LogP contribution is 2.35. The van der Waals surface area contributed by atoms with E-state index in [4.69, 9.17) is 37.8 Å². The highest BCUT2D eigenvalue weighted by molar-refractivity contribution is 6.31. The Bertz CT molecular complexity index is 1090. The van der Waals surface area contributed by atoms with Crippen LogP contribution in [0.1, 0.15) is 34.0 Å². The maximum absolute atomic E-state index is 11.1. The van der Waals surface area contributed by atoms with Gasteiger partial charge in [0.05, 0.1) is 12.2 Å². The van der Waals surface area contributed by atoms with Gasteiger partial charge in [0.25, 0.3) is 0 Å². The van der Waals surface area contributed by atoms with Gasteiger partial charge in [-0.1, -0.05) is 35.3 Å². The molecule has 0 heterocycles. The van der Waals surface area contributed by atoms with Gasteiger partial charge < -0.3 is 19.9 Å². The number of aromatic carboxylic acids is 1. The lowest BCUT2D eigenvalue weighted by atomic mass is 10.1. The molecule has 0 saturated heterocycles. The van der Waals surface area contributed by atoms with Gasteiger partial charge in [-0.25, -0.2) is 4.79 Å². The lowest BCUT2D eigenvalue weighted by molar-refractivity contribution is 0.0697. The van der Waals surface area contributed by atoms with E-state index in [1.54, 1.807) is 24.3 Å². The van der Waals surface area contributed by atoms with Crippen LogP contribution in [0.2, 0.25) is 10.0 Å². The molecule has 0 aromatic heterocycles. The molecule has 0 aliphatic rings. The highest BCUT2D eigenvalue weighted by Gasteiger charge is 2.13. The van der Waals surface area contributed by atoms with Crippen molar-refractivity contribution in [1.29, 1.82) is 0 Å². The summed E-state index contributed by atoms with van der Waals surface area (Å²) in [5.41, 5.74) is 3.70. The van der Waals surface area contributed by atoms with E-state index in [1.165, 1.54) is 0 Å². The molecule has 162 valence electrons. The molecule has 0 spiro atoms. The predicted molar refractivity (Wildman–Crippen MR) is 124 cm³/mol. The van der Waals surface area contributed by atoms with Gasteiger partial charge >= 0.3 is 5.97 Å². The summed E-state index contributed by atoms with van der Waals surface area (Å²) in [6.45, 7) is 5.03. The Morgan fingerprint density at radius 3 is 2.48 bits per heavy atom. The third kappa shape index (κ3) is 6.06. The van der Waals surface area contributed by atoms with E-state index in [0.29, 0.717) is 41.3 Å². The molecule has 7 heteroatoms. The van der Waals surface area contributed by atoms with Crippen molar-refractivity contribution in [3.8, 4) is 11.5 Å². The van der Waals surface area contributed by atoms with Crippen LogP contribution in [-0.2, 0) is 13.2 Å². The Balaban J connectivity index is 1.75. The van der Waals surface area contributed by atoms with Crippen LogP contribution in [0.5, 0.6) is 11.5 Å². The van der Waals surface area contributed by atoms with Gasteiger partial charge in [0.2, 0.25) is 0 Å². The van der Waals surface area contributed by atoms with E-state index in [-0.39, 0.29) is 5.56 Å². The third-order valence-electron chi connectivity index (χ3n) is 4.64. The van der Waals surface area contributed by atoms with Crippen LogP contribution >= 0.6 is 23.2 Å². The van der Waals surface area contributed by atoms with Crippen LogP contribution in [0.15, 0.2) is 54.6 Å². The topological polar surface area (TPSA) is 67.8 Å². The zero-order chi connectivity index (χ0) is 22.4. The molecule has 0 unspecified atom stereocenters. The number of carboxylic acid groups (broad SMARTS) is 1. The molecule has 0 amide bonds. The van der Waals surface area contributed by atoms with Gasteiger partial charge in [-0.05, 0) is 66.9 Å². The predicted octanol–water partition coefficient (Wildman–Crippen LogP) is 6.59. The minimum atomic E-state index is -0.951. The van der Waals surface area contributed by atoms with E-state index >= 15 is 0 Å². The van der Waals surface area contributed by atoms with Crippen molar-refractivity contribution in [2.75, 3.05) is 11.9 Å². The molecular weight excluding hydrogens is 437 g/mol. The number of hydrogen-bond donors (Lipinski definition) is 2. The minimum absolute atomic E-state index is 0.251. The van der Waals surface area contributed by atoms with Crippen molar-refractivity contribution in [3.63, 3.8) is 0 Å². The molecule has 0 saturated carbocycles. The molecule has 31 heavy (non-hydrogen) atoms. The molecule has 3 aromatic carbocycles. The van der Waals surface area contributed by atoms with Gasteiger partial charge in [0, 0.05) is 28.3 Å². The van der Waals surface area contributed by atoms with Crippen LogP contribution in [0, 0.1) is 6.92 Å². The molecule has 0 aliphatic carbocycles. The van der Waals surface area contributed by atoms with E-state index in [1.807, 2.05) is 44.2 Å². The smallest absolute Gasteiger partial charge is 0.335 e. The Labute approximate surface area is 191 Å². The van der Waals surface area contributed by atoms with Gasteiger partial charge in [-0.3, -0.25) is 0 Å². The monoisotopic (exact) mass is 459 g/mol. The minimum Gasteiger partial charge on any atom is -0.490 e. The van der Waals surface area contributed by atoms with Crippen molar-refractivity contribution in [1.82, 2.24) is 0 Å². The zero-order valence-corrected chi connectivity index (χ0v) is 18.8. The average molecular weight is 460 g/mol. The number of nitrogens with one attached hydrogen (secondary N) is 1. The molecule has 0 radical (unpaired) electrons. The second-order valence-corrected chi connectivity index (χ2v) is 7.77. The summed E-state index contributed by atoms with van der Waals surface area (Å²) in [5.74, 6) is 0.202. The lowest BCUT2D eigenvalue weighted by Crippen LogP contribution is -2.05. The van der Waals surface area contributed by atoms with Gasteiger partial charge in [-0.2, -0.15) is 0 Å². The zero-order valence-electron chi connectivity index (χ0n) is 17.2. The normalized spacial score (nSPS) is 10.6. The van der Waals surface area contributed by atoms with Crippen molar-refractivity contribution in [2.45, 2.75) is 27.0 Å². The van der Waals surface area contributed by atoms with E-state index in [2.05, 4.69) is 5.32 Å². The molecule has 0 bridgehead atoms. The standard InChI is InChI=1S/C24H23Cl2NO4/c1-3-30-22-11-18(13-27-21-8-7-17(24(28)29)9-15(21)2)20(26)12-23(22)31-14-16-5-4-6-19(25)10-16/h4-12,27H,3,13-14H2,1-2H3,(H,28,29). The maximum Gasteiger partial charge on any atom is 0.335 e. The highest BCUT2D eigenvalue weighted by atomic mass is 35.5. The molecule has 3 rings (SSSR count). The molecule has 0 fully saturated rings. The van der Waals surface area contributed by atoms with Crippen LogP contribution in [0.3, 0.4) is 0 Å². The maximum atomic E-state index is 11.1.